The van der Waals surface area contributed by atoms with E-state index in [0.29, 0.717) is 29.7 Å². The molecular weight excluding hydrogens is 519 g/mol. The number of halogens is 3. The molecule has 0 bridgehead atoms. The summed E-state index contributed by atoms with van der Waals surface area (Å²) in [5.74, 6) is 5.34. The van der Waals surface area contributed by atoms with Crippen molar-refractivity contribution < 1.29 is 22.8 Å². The van der Waals surface area contributed by atoms with E-state index in [-0.39, 0.29) is 35.8 Å². The number of fused-ring (bicyclic) bond motifs is 1. The van der Waals surface area contributed by atoms with Gasteiger partial charge >= 0.3 is 6.18 Å². The second-order valence-electron chi connectivity index (χ2n) is 9.43. The van der Waals surface area contributed by atoms with E-state index in [1.807, 2.05) is 19.1 Å². The minimum absolute atomic E-state index is 0.0126. The molecule has 2 N–H and O–H groups in total. The summed E-state index contributed by atoms with van der Waals surface area (Å²) >= 11 is 0. The van der Waals surface area contributed by atoms with Crippen LogP contribution in [0, 0.1) is 18.8 Å². The zero-order valence-electron chi connectivity index (χ0n) is 21.5. The number of benzene rings is 2. The first kappa shape index (κ1) is 26.8. The van der Waals surface area contributed by atoms with Crippen molar-refractivity contribution in [3.63, 3.8) is 0 Å². The summed E-state index contributed by atoms with van der Waals surface area (Å²) in [5, 5.41) is 6.08. The monoisotopic (exact) mass is 543 g/mol. The summed E-state index contributed by atoms with van der Waals surface area (Å²) in [6.07, 6.45) is 0.362. The van der Waals surface area contributed by atoms with Crippen LogP contribution in [0.4, 0.5) is 18.9 Å². The van der Waals surface area contributed by atoms with Crippen molar-refractivity contribution in [3.8, 4) is 11.8 Å². The SMILES string of the molecule is Cc1ccc(C(=O)Nc2ccc(CN3CCNC(=O)C3)c(C(F)(F)F)c2)cc1C#Cc1cncc2cccnc12. The van der Waals surface area contributed by atoms with E-state index in [1.165, 1.54) is 12.1 Å². The molecule has 7 nitrogen and oxygen atoms in total. The number of nitrogens with one attached hydrogen (secondary N) is 2. The Morgan fingerprint density at radius 2 is 1.93 bits per heavy atom. The number of amides is 2. The Bertz CT molecular complexity index is 1670. The van der Waals surface area contributed by atoms with Crippen molar-refractivity contribution in [2.75, 3.05) is 25.0 Å². The highest BCUT2D eigenvalue weighted by molar-refractivity contribution is 6.04. The zero-order valence-corrected chi connectivity index (χ0v) is 21.5. The van der Waals surface area contributed by atoms with Crippen LogP contribution in [0.25, 0.3) is 10.9 Å². The molecule has 40 heavy (non-hydrogen) atoms. The summed E-state index contributed by atoms with van der Waals surface area (Å²) in [7, 11) is 0. The molecule has 1 saturated heterocycles. The van der Waals surface area contributed by atoms with E-state index in [9.17, 15) is 22.8 Å². The third-order valence-corrected chi connectivity index (χ3v) is 6.53. The molecule has 2 amide bonds. The molecule has 1 aliphatic heterocycles. The number of rotatable bonds is 4. The van der Waals surface area contributed by atoms with Crippen LogP contribution in [0.2, 0.25) is 0 Å². The number of aryl methyl sites for hydroxylation is 1. The molecule has 10 heteroatoms. The molecule has 0 saturated carbocycles. The van der Waals surface area contributed by atoms with E-state index in [0.717, 1.165) is 17.0 Å². The van der Waals surface area contributed by atoms with Gasteiger partial charge in [0, 0.05) is 60.4 Å². The van der Waals surface area contributed by atoms with Gasteiger partial charge in [0.05, 0.1) is 23.2 Å². The molecule has 5 rings (SSSR count). The molecule has 1 aliphatic rings. The molecule has 0 atom stereocenters. The van der Waals surface area contributed by atoms with Gasteiger partial charge in [0.1, 0.15) is 0 Å². The first-order chi connectivity index (χ1) is 19.2. The molecule has 3 heterocycles. The normalized spacial score (nSPS) is 13.8. The van der Waals surface area contributed by atoms with Crippen LogP contribution in [0.1, 0.15) is 38.2 Å². The Balaban J connectivity index is 1.37. The van der Waals surface area contributed by atoms with E-state index < -0.39 is 17.6 Å². The van der Waals surface area contributed by atoms with Gasteiger partial charge in [0.15, 0.2) is 0 Å². The first-order valence-corrected chi connectivity index (χ1v) is 12.5. The number of anilines is 1. The highest BCUT2D eigenvalue weighted by Crippen LogP contribution is 2.34. The van der Waals surface area contributed by atoms with Gasteiger partial charge in [0.25, 0.3) is 5.91 Å². The number of nitrogens with zero attached hydrogens (tertiary/aromatic N) is 3. The standard InChI is InChI=1S/C30H24F3N5O2/c1-19-4-5-21(13-20(19)6-7-23-16-34-15-22-3-2-10-36-28(22)23)29(40)37-25-9-8-24(26(14-25)30(31,32)33)17-38-12-11-35-27(39)18-38/h2-5,8-10,13-16H,11-12,17-18H2,1H3,(H,35,39)(H,37,40). The quantitative estimate of drug-likeness (QED) is 0.369. The predicted molar refractivity (Wildman–Crippen MR) is 144 cm³/mol. The fourth-order valence-electron chi connectivity index (χ4n) is 4.45. The lowest BCUT2D eigenvalue weighted by molar-refractivity contribution is -0.138. The molecule has 0 spiro atoms. The Hall–Kier alpha value is -4.75. The van der Waals surface area contributed by atoms with Gasteiger partial charge in [-0.2, -0.15) is 13.2 Å². The van der Waals surface area contributed by atoms with Gasteiger partial charge in [-0.3, -0.25) is 24.5 Å². The minimum atomic E-state index is -4.63. The lowest BCUT2D eigenvalue weighted by Gasteiger charge is -2.27. The van der Waals surface area contributed by atoms with Gasteiger partial charge in [0.2, 0.25) is 5.91 Å². The summed E-state index contributed by atoms with van der Waals surface area (Å²) in [6, 6.07) is 12.3. The summed E-state index contributed by atoms with van der Waals surface area (Å²) < 4.78 is 41.7. The molecule has 1 fully saturated rings. The molecule has 4 aromatic rings. The number of hydrogen-bond donors (Lipinski definition) is 2. The summed E-state index contributed by atoms with van der Waals surface area (Å²) in [5.41, 5.74) is 2.22. The number of pyridine rings is 2. The van der Waals surface area contributed by atoms with E-state index in [2.05, 4.69) is 32.4 Å². The lowest BCUT2D eigenvalue weighted by Crippen LogP contribution is -2.47. The summed E-state index contributed by atoms with van der Waals surface area (Å²) in [4.78, 5) is 34.9. The second kappa shape index (κ2) is 11.2. The lowest BCUT2D eigenvalue weighted by atomic mass is 10.0. The maximum Gasteiger partial charge on any atom is 0.416 e. The van der Waals surface area contributed by atoms with Gasteiger partial charge < -0.3 is 10.6 Å². The third kappa shape index (κ3) is 6.11. The number of carbonyl (C=O) groups is 2. The largest absolute Gasteiger partial charge is 0.416 e. The van der Waals surface area contributed by atoms with Crippen LogP contribution < -0.4 is 10.6 Å². The van der Waals surface area contributed by atoms with Crippen molar-refractivity contribution in [1.82, 2.24) is 20.2 Å². The van der Waals surface area contributed by atoms with Crippen molar-refractivity contribution in [1.29, 1.82) is 0 Å². The Morgan fingerprint density at radius 1 is 1.10 bits per heavy atom. The topological polar surface area (TPSA) is 87.2 Å². The van der Waals surface area contributed by atoms with Crippen LogP contribution >= 0.6 is 0 Å². The maximum atomic E-state index is 13.9. The van der Waals surface area contributed by atoms with Crippen LogP contribution in [0.5, 0.6) is 0 Å². The average Bonchev–Trinajstić information content (AvgIpc) is 2.93. The van der Waals surface area contributed by atoms with E-state index in [1.54, 1.807) is 41.7 Å². The first-order valence-electron chi connectivity index (χ1n) is 12.5. The molecule has 2 aromatic carbocycles. The minimum Gasteiger partial charge on any atom is -0.354 e. The van der Waals surface area contributed by atoms with Crippen LogP contribution in [0.3, 0.4) is 0 Å². The third-order valence-electron chi connectivity index (χ3n) is 6.53. The number of piperazine rings is 1. The van der Waals surface area contributed by atoms with Gasteiger partial charge in [-0.05, 0) is 54.4 Å². The van der Waals surface area contributed by atoms with Crippen LogP contribution in [-0.2, 0) is 17.5 Å². The molecule has 0 radical (unpaired) electrons. The summed E-state index contributed by atoms with van der Waals surface area (Å²) in [6.45, 7) is 2.69. The molecule has 202 valence electrons. The molecular formula is C30H24F3N5O2. The number of aromatic nitrogens is 2. The number of alkyl halides is 3. The molecule has 0 unspecified atom stereocenters. The predicted octanol–water partition coefficient (Wildman–Crippen LogP) is 4.54. The second-order valence-corrected chi connectivity index (χ2v) is 9.43. The van der Waals surface area contributed by atoms with Gasteiger partial charge in [-0.1, -0.05) is 24.0 Å². The smallest absolute Gasteiger partial charge is 0.354 e. The number of hydrogen-bond acceptors (Lipinski definition) is 5. The van der Waals surface area contributed by atoms with Crippen molar-refractivity contribution >= 4 is 28.4 Å². The highest BCUT2D eigenvalue weighted by Gasteiger charge is 2.34. The van der Waals surface area contributed by atoms with Gasteiger partial charge in [-0.25, -0.2) is 0 Å². The Morgan fingerprint density at radius 3 is 2.73 bits per heavy atom. The van der Waals surface area contributed by atoms with Crippen molar-refractivity contribution in [2.45, 2.75) is 19.6 Å². The fourth-order valence-corrected chi connectivity index (χ4v) is 4.45. The molecule has 0 aliphatic carbocycles. The van der Waals surface area contributed by atoms with E-state index in [4.69, 9.17) is 0 Å². The van der Waals surface area contributed by atoms with Crippen molar-refractivity contribution in [2.24, 2.45) is 0 Å². The van der Waals surface area contributed by atoms with Crippen molar-refractivity contribution in [3.05, 3.63) is 101 Å². The Kier molecular flexibility index (Phi) is 7.49. The van der Waals surface area contributed by atoms with Crippen LogP contribution in [-0.4, -0.2) is 46.3 Å². The number of carbonyl (C=O) groups excluding carboxylic acids is 2. The van der Waals surface area contributed by atoms with Gasteiger partial charge in [-0.15, -0.1) is 0 Å². The van der Waals surface area contributed by atoms with E-state index >= 15 is 0 Å². The fraction of sp³-hybridized carbons (Fsp3) is 0.200. The highest BCUT2D eigenvalue weighted by atomic mass is 19.4. The van der Waals surface area contributed by atoms with Crippen LogP contribution in [0.15, 0.2) is 67.1 Å². The zero-order chi connectivity index (χ0) is 28.3. The Labute approximate surface area is 228 Å². The maximum absolute atomic E-state index is 13.9. The molecule has 2 aromatic heterocycles. The average molecular weight is 544 g/mol.